The van der Waals surface area contributed by atoms with E-state index >= 15 is 0 Å². The summed E-state index contributed by atoms with van der Waals surface area (Å²) in [6, 6.07) is 3.68. The molecule has 2 atom stereocenters. The zero-order valence-corrected chi connectivity index (χ0v) is 21.2. The van der Waals surface area contributed by atoms with Crippen LogP contribution in [0.4, 0.5) is 0 Å². The fourth-order valence-electron chi connectivity index (χ4n) is 5.56. The van der Waals surface area contributed by atoms with Gasteiger partial charge in [0.2, 0.25) is 5.82 Å². The molecule has 0 bridgehead atoms. The highest BCUT2D eigenvalue weighted by Gasteiger charge is 2.63. The molecule has 1 fully saturated rings. The van der Waals surface area contributed by atoms with Crippen LogP contribution in [0.3, 0.4) is 0 Å². The van der Waals surface area contributed by atoms with Gasteiger partial charge in [0, 0.05) is 15.4 Å². The van der Waals surface area contributed by atoms with E-state index in [2.05, 4.69) is 25.9 Å². The molecule has 2 aliphatic rings. The number of nitro groups is 1. The average molecular weight is 500 g/mol. The van der Waals surface area contributed by atoms with Crippen LogP contribution in [0.15, 0.2) is 16.7 Å². The summed E-state index contributed by atoms with van der Waals surface area (Å²) in [5, 5.41) is 34.5. The van der Waals surface area contributed by atoms with Gasteiger partial charge in [0.1, 0.15) is 19.0 Å². The summed E-state index contributed by atoms with van der Waals surface area (Å²) in [7, 11) is 0. The largest absolute Gasteiger partial charge is 0.485 e. The van der Waals surface area contributed by atoms with Crippen LogP contribution in [0.2, 0.25) is 0 Å². The highest BCUT2D eigenvalue weighted by molar-refractivity contribution is 7.15. The van der Waals surface area contributed by atoms with E-state index in [1.165, 1.54) is 16.0 Å². The van der Waals surface area contributed by atoms with E-state index in [-0.39, 0.29) is 0 Å². The summed E-state index contributed by atoms with van der Waals surface area (Å²) in [6.45, 7) is 8.39. The Labute approximate surface area is 206 Å². The monoisotopic (exact) mass is 499 g/mol. The Morgan fingerprint density at radius 1 is 1.26 bits per heavy atom. The number of benzene rings is 1. The van der Waals surface area contributed by atoms with Crippen LogP contribution in [0.1, 0.15) is 46.9 Å². The first-order valence-corrected chi connectivity index (χ1v) is 12.4. The van der Waals surface area contributed by atoms with Crippen molar-refractivity contribution in [2.45, 2.75) is 52.5 Å². The number of aryl methyl sites for hydroxylation is 3. The lowest BCUT2D eigenvalue weighted by Gasteiger charge is -2.22. The van der Waals surface area contributed by atoms with E-state index in [9.17, 15) is 20.3 Å². The Morgan fingerprint density at radius 3 is 2.51 bits per heavy atom. The fourth-order valence-corrected chi connectivity index (χ4v) is 6.71. The van der Waals surface area contributed by atoms with Crippen molar-refractivity contribution < 1.29 is 24.4 Å². The van der Waals surface area contributed by atoms with Gasteiger partial charge in [0.15, 0.2) is 6.61 Å². The topological polar surface area (TPSA) is 132 Å². The van der Waals surface area contributed by atoms with E-state index in [1.807, 2.05) is 26.0 Å². The predicted octanol–water partition coefficient (Wildman–Crippen LogP) is 4.06. The molecule has 0 aliphatic heterocycles. The molecule has 2 aliphatic carbocycles. The summed E-state index contributed by atoms with van der Waals surface area (Å²) >= 11 is 1.72. The van der Waals surface area contributed by atoms with E-state index in [1.54, 1.807) is 11.3 Å². The quantitative estimate of drug-likeness (QED) is 0.350. The second kappa shape index (κ2) is 8.11. The molecule has 1 aromatic carbocycles. The van der Waals surface area contributed by atoms with Crippen LogP contribution in [-0.2, 0) is 6.42 Å². The van der Waals surface area contributed by atoms with Gasteiger partial charge >= 0.3 is 0 Å². The lowest BCUT2D eigenvalue weighted by atomic mass is 9.95. The minimum Gasteiger partial charge on any atom is -0.485 e. The molecule has 186 valence electrons. The minimum absolute atomic E-state index is 0.378. The van der Waals surface area contributed by atoms with Crippen molar-refractivity contribution in [3.8, 4) is 27.9 Å². The molecule has 1 saturated carbocycles. The molecule has 0 radical (unpaired) electrons. The first kappa shape index (κ1) is 23.9. The van der Waals surface area contributed by atoms with Gasteiger partial charge < -0.3 is 19.5 Å². The number of ether oxygens (including phenoxy) is 1. The minimum atomic E-state index is -1.96. The van der Waals surface area contributed by atoms with Crippen LogP contribution in [0.25, 0.3) is 22.2 Å². The van der Waals surface area contributed by atoms with E-state index < -0.39 is 30.3 Å². The molecule has 10 heteroatoms. The molecular formula is C25H29N3O6S. The number of hydrogen-bond donors (Lipinski definition) is 2. The highest BCUT2D eigenvalue weighted by Crippen LogP contribution is 2.72. The fraction of sp³-hybridized carbons (Fsp3) is 0.520. The summed E-state index contributed by atoms with van der Waals surface area (Å²) in [6.07, 6.45) is 1.06. The average Bonchev–Trinajstić information content (AvgIpc) is 3.30. The van der Waals surface area contributed by atoms with Crippen LogP contribution in [-0.4, -0.2) is 50.6 Å². The van der Waals surface area contributed by atoms with Crippen molar-refractivity contribution in [2.24, 2.45) is 11.3 Å². The van der Waals surface area contributed by atoms with Crippen molar-refractivity contribution >= 4 is 11.3 Å². The van der Waals surface area contributed by atoms with Gasteiger partial charge in [-0.05, 0) is 78.8 Å². The molecule has 2 aromatic heterocycles. The van der Waals surface area contributed by atoms with E-state index in [0.29, 0.717) is 34.7 Å². The number of hydrogen-bond acceptors (Lipinski definition) is 9. The zero-order valence-electron chi connectivity index (χ0n) is 20.4. The Hall–Kier alpha value is -2.82. The zero-order chi connectivity index (χ0) is 25.3. The molecule has 5 rings (SSSR count). The van der Waals surface area contributed by atoms with Crippen molar-refractivity contribution in [1.82, 2.24) is 10.1 Å². The molecule has 3 aromatic rings. The third-order valence-corrected chi connectivity index (χ3v) is 8.97. The van der Waals surface area contributed by atoms with Crippen LogP contribution < -0.4 is 4.74 Å². The second-order valence-electron chi connectivity index (χ2n) is 10.4. The third-order valence-electron chi connectivity index (χ3n) is 7.82. The summed E-state index contributed by atoms with van der Waals surface area (Å²) in [5.41, 5.74) is 3.46. The van der Waals surface area contributed by atoms with Gasteiger partial charge in [-0.3, -0.25) is 10.1 Å². The Kier molecular flexibility index (Phi) is 5.54. The molecule has 9 nitrogen and oxygen atoms in total. The number of nitrogens with zero attached hydrogens (tertiary/aromatic N) is 3. The van der Waals surface area contributed by atoms with Crippen LogP contribution >= 0.6 is 11.3 Å². The van der Waals surface area contributed by atoms with E-state index in [0.717, 1.165) is 28.0 Å². The Morgan fingerprint density at radius 2 is 1.91 bits per heavy atom. The maximum Gasteiger partial charge on any atom is 0.300 e. The molecule has 2 N–H and O–H groups in total. The molecular weight excluding hydrogens is 470 g/mol. The lowest BCUT2D eigenvalue weighted by molar-refractivity contribution is -0.579. The number of aliphatic hydroxyl groups excluding tert-OH is 2. The number of fused-ring (bicyclic) bond motifs is 3. The lowest BCUT2D eigenvalue weighted by Crippen LogP contribution is -2.51. The first-order chi connectivity index (χ1) is 16.5. The van der Waals surface area contributed by atoms with Gasteiger partial charge in [0.05, 0.1) is 4.88 Å². The van der Waals surface area contributed by atoms with Gasteiger partial charge in [-0.25, -0.2) is 0 Å². The first-order valence-electron chi connectivity index (χ1n) is 11.6. The molecule has 0 unspecified atom stereocenters. The normalized spacial score (nSPS) is 20.0. The van der Waals surface area contributed by atoms with Crippen molar-refractivity contribution in [1.29, 1.82) is 0 Å². The van der Waals surface area contributed by atoms with Gasteiger partial charge in [-0.1, -0.05) is 19.0 Å². The van der Waals surface area contributed by atoms with Gasteiger partial charge in [-0.2, -0.15) is 4.98 Å². The molecule has 0 spiro atoms. The predicted molar refractivity (Wildman–Crippen MR) is 130 cm³/mol. The Balaban J connectivity index is 1.40. The van der Waals surface area contributed by atoms with Crippen molar-refractivity contribution in [3.63, 3.8) is 0 Å². The highest BCUT2D eigenvalue weighted by atomic mass is 32.1. The summed E-state index contributed by atoms with van der Waals surface area (Å²) in [5.74, 6) is 2.79. The van der Waals surface area contributed by atoms with Gasteiger partial charge in [-0.15, -0.1) is 11.3 Å². The summed E-state index contributed by atoms with van der Waals surface area (Å²) < 4.78 is 11.4. The number of aliphatic hydroxyl groups is 2. The van der Waals surface area contributed by atoms with E-state index in [4.69, 9.17) is 14.2 Å². The van der Waals surface area contributed by atoms with Gasteiger partial charge in [0.25, 0.3) is 11.4 Å². The molecule has 35 heavy (non-hydrogen) atoms. The van der Waals surface area contributed by atoms with Crippen LogP contribution in [0, 0.1) is 42.2 Å². The van der Waals surface area contributed by atoms with Crippen LogP contribution in [0.5, 0.6) is 5.75 Å². The summed E-state index contributed by atoms with van der Waals surface area (Å²) in [4.78, 5) is 17.7. The Bertz CT molecular complexity index is 1300. The number of thiophene rings is 1. The maximum absolute atomic E-state index is 11.3. The standard InChI is InChI=1S/C25H29N3O6S/c1-12-6-15(7-13(2)20(12)33-11-25(9-29,10-30)28(31)32)22-26-23(34-27-22)21-16-8-17-19(24(17,4)5)18(16)14(3)35-21/h6-7,17,19,29-30H,8-11H2,1-5H3/t17-,19-/m1/s1. The van der Waals surface area contributed by atoms with Crippen molar-refractivity contribution in [3.05, 3.63) is 49.4 Å². The second-order valence-corrected chi connectivity index (χ2v) is 11.7. The number of aromatic nitrogens is 2. The molecule has 0 amide bonds. The smallest absolute Gasteiger partial charge is 0.300 e. The number of rotatable bonds is 8. The SMILES string of the molecule is Cc1cc(-c2noc(-c3sc(C)c4c3C[C@@H]3[C@H]4C3(C)C)n2)cc(C)c1OCC(CO)(CO)[N+](=O)[O-]. The maximum atomic E-state index is 11.3. The third kappa shape index (κ3) is 3.57. The molecule has 2 heterocycles. The molecule has 0 saturated heterocycles. The van der Waals surface area contributed by atoms with Crippen molar-refractivity contribution in [2.75, 3.05) is 19.8 Å².